The molecular weight excluding hydrogens is 420 g/mol. The van der Waals surface area contributed by atoms with E-state index in [1.165, 1.54) is 20.3 Å². The highest BCUT2D eigenvalue weighted by molar-refractivity contribution is 5.45. The van der Waals surface area contributed by atoms with Gasteiger partial charge in [-0.1, -0.05) is 0 Å². The van der Waals surface area contributed by atoms with Crippen LogP contribution in [0.1, 0.15) is 0 Å². The van der Waals surface area contributed by atoms with E-state index in [0.29, 0.717) is 11.5 Å². The number of rotatable bonds is 8. The van der Waals surface area contributed by atoms with Crippen molar-refractivity contribution < 1.29 is 59.1 Å². The summed E-state index contributed by atoms with van der Waals surface area (Å²) < 4.78 is 32.1. The maximum atomic E-state index is 10.3. The zero-order valence-electron chi connectivity index (χ0n) is 17.0. The molecule has 2 heterocycles. The Hall–Kier alpha value is -1.74. The van der Waals surface area contributed by atoms with E-state index >= 15 is 0 Å². The molecule has 31 heavy (non-hydrogen) atoms. The summed E-state index contributed by atoms with van der Waals surface area (Å²) in [6.45, 7) is -0.893. The summed E-state index contributed by atoms with van der Waals surface area (Å²) >= 11 is 0. The Morgan fingerprint density at radius 3 is 2.00 bits per heavy atom. The number of hydrogen-bond acceptors (Lipinski definition) is 12. The lowest BCUT2D eigenvalue weighted by molar-refractivity contribution is -0.290. The Morgan fingerprint density at radius 2 is 1.39 bits per heavy atom. The fourth-order valence-corrected chi connectivity index (χ4v) is 3.37. The minimum atomic E-state index is -1.61. The molecule has 0 aliphatic carbocycles. The first kappa shape index (κ1) is 23.9. The van der Waals surface area contributed by atoms with E-state index in [1.807, 2.05) is 0 Å². The second kappa shape index (κ2) is 10.3. The van der Waals surface area contributed by atoms with Crippen LogP contribution >= 0.6 is 0 Å². The molecule has 0 amide bonds. The first-order valence-electron chi connectivity index (χ1n) is 9.63. The van der Waals surface area contributed by atoms with Crippen LogP contribution in [0, 0.1) is 0 Å². The Labute approximate surface area is 178 Å². The predicted octanol–water partition coefficient (Wildman–Crippen LogP) is -2.65. The van der Waals surface area contributed by atoms with Gasteiger partial charge in [-0.2, -0.15) is 0 Å². The van der Waals surface area contributed by atoms with Crippen molar-refractivity contribution in [1.29, 1.82) is 0 Å². The van der Waals surface area contributed by atoms with Crippen molar-refractivity contribution in [3.05, 3.63) is 18.2 Å². The predicted molar refractivity (Wildman–Crippen MR) is 101 cm³/mol. The molecule has 0 bridgehead atoms. The van der Waals surface area contributed by atoms with Crippen LogP contribution in [-0.2, 0) is 14.2 Å². The third-order valence-electron chi connectivity index (χ3n) is 5.20. The normalized spacial score (nSPS) is 38.1. The van der Waals surface area contributed by atoms with Crippen LogP contribution in [0.15, 0.2) is 18.2 Å². The van der Waals surface area contributed by atoms with Gasteiger partial charge in [0.25, 0.3) is 0 Å². The molecule has 2 aliphatic heterocycles. The second-order valence-electron chi connectivity index (χ2n) is 7.19. The molecule has 2 saturated heterocycles. The van der Waals surface area contributed by atoms with E-state index in [9.17, 15) is 25.5 Å². The zero-order valence-corrected chi connectivity index (χ0v) is 17.0. The number of methoxy groups -OCH3 is 2. The number of hydrogen-bond donors (Lipinski definition) is 6. The summed E-state index contributed by atoms with van der Waals surface area (Å²) in [5.74, 6) is 1.07. The van der Waals surface area contributed by atoms with Crippen LogP contribution < -0.4 is 14.2 Å². The summed E-state index contributed by atoms with van der Waals surface area (Å²) in [7, 11) is 2.92. The van der Waals surface area contributed by atoms with Crippen molar-refractivity contribution in [2.75, 3.05) is 27.4 Å². The molecule has 9 unspecified atom stereocenters. The topological polar surface area (TPSA) is 177 Å². The van der Waals surface area contributed by atoms with Gasteiger partial charge in [0.2, 0.25) is 6.29 Å². The van der Waals surface area contributed by atoms with E-state index in [-0.39, 0.29) is 12.4 Å². The smallest absolute Gasteiger partial charge is 0.229 e. The first-order chi connectivity index (χ1) is 14.8. The van der Waals surface area contributed by atoms with Gasteiger partial charge in [0, 0.05) is 6.07 Å². The largest absolute Gasteiger partial charge is 0.493 e. The molecule has 3 rings (SSSR count). The van der Waals surface area contributed by atoms with Gasteiger partial charge >= 0.3 is 0 Å². The molecule has 2 aliphatic rings. The molecular formula is C19H28O12. The Bertz CT molecular complexity index is 717. The minimum Gasteiger partial charge on any atom is -0.493 e. The van der Waals surface area contributed by atoms with Gasteiger partial charge in [-0.3, -0.25) is 0 Å². The summed E-state index contributed by atoms with van der Waals surface area (Å²) in [6.07, 6.45) is -12.3. The number of benzene rings is 1. The van der Waals surface area contributed by atoms with Gasteiger partial charge < -0.3 is 59.1 Å². The fourth-order valence-electron chi connectivity index (χ4n) is 3.37. The first-order valence-corrected chi connectivity index (χ1v) is 9.63. The van der Waals surface area contributed by atoms with Crippen LogP contribution in [0.5, 0.6) is 17.2 Å². The molecule has 176 valence electrons. The van der Waals surface area contributed by atoms with Crippen molar-refractivity contribution in [1.82, 2.24) is 0 Å². The van der Waals surface area contributed by atoms with Crippen molar-refractivity contribution >= 4 is 0 Å². The Balaban J connectivity index is 1.65. The molecule has 1 aromatic rings. The molecule has 0 spiro atoms. The lowest BCUT2D eigenvalue weighted by atomic mass is 9.99. The highest BCUT2D eigenvalue weighted by atomic mass is 16.7. The maximum absolute atomic E-state index is 10.3. The Kier molecular flexibility index (Phi) is 7.91. The highest BCUT2D eigenvalue weighted by Crippen LogP contribution is 2.33. The van der Waals surface area contributed by atoms with Crippen LogP contribution in [-0.4, -0.2) is 113 Å². The monoisotopic (exact) mass is 448 g/mol. The number of ether oxygens (including phenoxy) is 6. The average molecular weight is 448 g/mol. The van der Waals surface area contributed by atoms with Crippen molar-refractivity contribution in [3.8, 4) is 17.2 Å². The molecule has 0 saturated carbocycles. The fraction of sp³-hybridized carbons (Fsp3) is 0.684. The summed E-state index contributed by atoms with van der Waals surface area (Å²) in [5, 5.41) is 59.5. The molecule has 6 N–H and O–H groups in total. The van der Waals surface area contributed by atoms with Crippen LogP contribution in [0.4, 0.5) is 0 Å². The van der Waals surface area contributed by atoms with Crippen molar-refractivity contribution in [2.24, 2.45) is 0 Å². The lowest BCUT2D eigenvalue weighted by Crippen LogP contribution is -2.60. The van der Waals surface area contributed by atoms with Crippen molar-refractivity contribution in [2.45, 2.75) is 55.3 Å². The van der Waals surface area contributed by atoms with E-state index in [0.717, 1.165) is 0 Å². The van der Waals surface area contributed by atoms with E-state index < -0.39 is 61.9 Å². The van der Waals surface area contributed by atoms with Gasteiger partial charge in [0.15, 0.2) is 17.8 Å². The van der Waals surface area contributed by atoms with Gasteiger partial charge in [-0.25, -0.2) is 0 Å². The summed E-state index contributed by atoms with van der Waals surface area (Å²) in [6, 6.07) is 4.62. The summed E-state index contributed by atoms with van der Waals surface area (Å²) in [4.78, 5) is 0. The van der Waals surface area contributed by atoms with Crippen LogP contribution in [0.25, 0.3) is 0 Å². The SMILES string of the molecule is COc1ccc(OC2OC(COC3OC(CO)C(O)C3O)C(O)C(O)C2O)cc1OC. The van der Waals surface area contributed by atoms with Gasteiger partial charge in [0.05, 0.1) is 27.4 Å². The molecule has 9 atom stereocenters. The van der Waals surface area contributed by atoms with Gasteiger partial charge in [0.1, 0.15) is 48.5 Å². The Morgan fingerprint density at radius 1 is 0.774 bits per heavy atom. The number of aliphatic hydroxyl groups is 6. The quantitative estimate of drug-likeness (QED) is 0.244. The number of aliphatic hydroxyl groups excluding tert-OH is 6. The minimum absolute atomic E-state index is 0.244. The molecule has 2 fully saturated rings. The summed E-state index contributed by atoms with van der Waals surface area (Å²) in [5.41, 5.74) is 0. The zero-order chi connectivity index (χ0) is 22.7. The molecule has 0 radical (unpaired) electrons. The molecule has 0 aromatic heterocycles. The van der Waals surface area contributed by atoms with E-state index in [1.54, 1.807) is 12.1 Å². The molecule has 1 aromatic carbocycles. The van der Waals surface area contributed by atoms with Crippen LogP contribution in [0.3, 0.4) is 0 Å². The third kappa shape index (κ3) is 5.03. The lowest BCUT2D eigenvalue weighted by Gasteiger charge is -2.40. The molecule has 12 heteroatoms. The van der Waals surface area contributed by atoms with E-state index in [4.69, 9.17) is 33.5 Å². The highest BCUT2D eigenvalue weighted by Gasteiger charge is 2.47. The van der Waals surface area contributed by atoms with Gasteiger partial charge in [-0.15, -0.1) is 0 Å². The molecule has 12 nitrogen and oxygen atoms in total. The van der Waals surface area contributed by atoms with Crippen molar-refractivity contribution in [3.63, 3.8) is 0 Å². The van der Waals surface area contributed by atoms with Gasteiger partial charge in [-0.05, 0) is 12.1 Å². The standard InChI is InChI=1S/C19H28O12/c1-26-9-4-3-8(5-10(9)27-2)29-19-17(25)15(23)14(22)12(31-19)7-28-18-16(24)13(21)11(6-20)30-18/h3-5,11-25H,6-7H2,1-2H3. The third-order valence-corrected chi connectivity index (χ3v) is 5.20. The average Bonchev–Trinajstić information content (AvgIpc) is 3.06. The maximum Gasteiger partial charge on any atom is 0.229 e. The second-order valence-corrected chi connectivity index (χ2v) is 7.19. The van der Waals surface area contributed by atoms with Crippen LogP contribution in [0.2, 0.25) is 0 Å². The van der Waals surface area contributed by atoms with E-state index in [2.05, 4.69) is 0 Å².